The molecule has 7 N–H and O–H groups in total. The standard InChI is InChI=1S/C23H18F2N4O3.C23H20N4O3.C19H12F6N2O3/c24-23(25)32-17-9-7-16(8-10-17)28-20-19(15-4-2-1-3-5-15)21(30)29(22(20)31)13-14-6-11-18(26)27-12-14;1-30-18-10-8-17(9-11-18)26-21-20(16-5-3-2-4-6-16)22(28)27(23(21)29)14-15-7-12-19(24)25-13-15;20-18(21,22)10-27-16(28)14(11-4-2-1-3-5-11)15(17(27)29)26-12-6-8-13(9-7-12)30-19(23,24)25/h1-12,23,28H,13H2,(H2,26,27);2-13,26H,14H2,1H3,(H2,24,25);1-9,26H,10H2. The molecule has 0 fully saturated rings. The molecule has 0 bridgehead atoms. The number of imide groups is 3. The van der Waals surface area contributed by atoms with Crippen molar-refractivity contribution >= 4 is 80.9 Å². The number of rotatable bonds is 18. The number of nitrogen functional groups attached to an aromatic ring is 2. The number of nitrogens with two attached hydrogens (primary N) is 2. The van der Waals surface area contributed by atoms with Crippen molar-refractivity contribution in [2.75, 3.05) is 41.1 Å². The number of anilines is 5. The van der Waals surface area contributed by atoms with Gasteiger partial charge in [-0.3, -0.25) is 43.5 Å². The molecule has 3 aliphatic rings. The number of carbonyl (C=O) groups excluding carboxylic acids is 6. The van der Waals surface area contributed by atoms with E-state index in [1.165, 1.54) is 59.6 Å². The minimum Gasteiger partial charge on any atom is -0.497 e. The molecule has 2 aromatic heterocycles. The predicted octanol–water partition coefficient (Wildman–Crippen LogP) is 11.1. The zero-order valence-corrected chi connectivity index (χ0v) is 47.8. The summed E-state index contributed by atoms with van der Waals surface area (Å²) in [5.74, 6) is -3.21. The van der Waals surface area contributed by atoms with Crippen molar-refractivity contribution in [3.63, 3.8) is 0 Å². The average Bonchev–Trinajstić information content (AvgIpc) is 1.64. The highest BCUT2D eigenvalue weighted by molar-refractivity contribution is 6.38. The zero-order valence-electron chi connectivity index (χ0n) is 47.8. The number of ether oxygens (including phenoxy) is 3. The smallest absolute Gasteiger partial charge is 0.497 e. The Kier molecular flexibility index (Phi) is 19.7. The fraction of sp³-hybridized carbons (Fsp3) is 0.108. The topological polar surface area (TPSA) is 254 Å². The van der Waals surface area contributed by atoms with Crippen LogP contribution in [0.25, 0.3) is 16.7 Å². The average molecular weight is 1270 g/mol. The fourth-order valence-electron chi connectivity index (χ4n) is 9.30. The van der Waals surface area contributed by atoms with E-state index >= 15 is 0 Å². The summed E-state index contributed by atoms with van der Waals surface area (Å²) >= 11 is 0. The van der Waals surface area contributed by atoms with E-state index in [2.05, 4.69) is 35.4 Å². The molecule has 0 saturated carbocycles. The van der Waals surface area contributed by atoms with Crippen molar-refractivity contribution in [2.45, 2.75) is 32.2 Å². The Hall–Kier alpha value is -11.9. The molecule has 3 aliphatic heterocycles. The molecule has 11 rings (SSSR count). The van der Waals surface area contributed by atoms with Crippen molar-refractivity contribution in [1.82, 2.24) is 24.7 Å². The van der Waals surface area contributed by atoms with Crippen molar-refractivity contribution in [3.8, 4) is 17.2 Å². The van der Waals surface area contributed by atoms with Gasteiger partial charge in [0.2, 0.25) is 0 Å². The van der Waals surface area contributed by atoms with Crippen molar-refractivity contribution in [1.29, 1.82) is 0 Å². The molecule has 470 valence electrons. The van der Waals surface area contributed by atoms with Gasteiger partial charge in [0.05, 0.1) is 36.9 Å². The number of hydrogen-bond acceptors (Lipinski definition) is 16. The number of methoxy groups -OCH3 is 1. The van der Waals surface area contributed by atoms with E-state index < -0.39 is 66.7 Å². The molecule has 0 unspecified atom stereocenters. The number of hydrogen-bond donors (Lipinski definition) is 5. The van der Waals surface area contributed by atoms with Gasteiger partial charge in [0.15, 0.2) is 0 Å². The van der Waals surface area contributed by atoms with Crippen LogP contribution >= 0.6 is 0 Å². The number of nitrogens with zero attached hydrogens (tertiary/aromatic N) is 5. The first-order valence-electron chi connectivity index (χ1n) is 27.2. The lowest BCUT2D eigenvalue weighted by Gasteiger charge is -2.17. The lowest BCUT2D eigenvalue weighted by Crippen LogP contribution is -2.40. The molecule has 8 aromatic rings. The summed E-state index contributed by atoms with van der Waals surface area (Å²) in [5, 5.41) is 8.63. The molecule has 92 heavy (non-hydrogen) atoms. The number of amides is 6. The molecule has 0 saturated heterocycles. The normalized spacial score (nSPS) is 14.2. The molecule has 0 aliphatic carbocycles. The first kappa shape index (κ1) is 64.6. The number of pyridine rings is 2. The largest absolute Gasteiger partial charge is 0.573 e. The van der Waals surface area contributed by atoms with E-state index in [4.69, 9.17) is 16.2 Å². The van der Waals surface area contributed by atoms with Crippen LogP contribution in [-0.4, -0.2) is 92.9 Å². The monoisotopic (exact) mass is 1270 g/mol. The summed E-state index contributed by atoms with van der Waals surface area (Å²) in [6.07, 6.45) is -6.64. The number of nitrogens with one attached hydrogen (secondary N) is 3. The van der Waals surface area contributed by atoms with Gasteiger partial charge in [-0.05, 0) is 113 Å². The zero-order chi connectivity index (χ0) is 65.9. The highest BCUT2D eigenvalue weighted by atomic mass is 19.4. The molecule has 5 heterocycles. The molecule has 27 heteroatoms. The van der Waals surface area contributed by atoms with E-state index in [9.17, 15) is 63.9 Å². The molecule has 0 atom stereocenters. The summed E-state index contributed by atoms with van der Waals surface area (Å²) in [6, 6.07) is 49.1. The van der Waals surface area contributed by atoms with Crippen LogP contribution in [0, 0.1) is 0 Å². The van der Waals surface area contributed by atoms with Gasteiger partial charge in [-0.2, -0.15) is 22.0 Å². The highest BCUT2D eigenvalue weighted by Gasteiger charge is 2.45. The molecule has 0 radical (unpaired) electrons. The Labute approximate surface area is 517 Å². The molecular weight excluding hydrogens is 1220 g/mol. The maximum absolute atomic E-state index is 13.2. The van der Waals surface area contributed by atoms with Crippen LogP contribution in [0.2, 0.25) is 0 Å². The Morgan fingerprint density at radius 1 is 0.435 bits per heavy atom. The third kappa shape index (κ3) is 16.0. The third-order valence-electron chi connectivity index (χ3n) is 13.5. The molecule has 0 spiro atoms. The molecular formula is C65H50F8N10O9. The quantitative estimate of drug-likeness (QED) is 0.0395. The Bertz CT molecular complexity index is 4110. The number of benzene rings is 6. The summed E-state index contributed by atoms with van der Waals surface area (Å²) in [4.78, 5) is 88.4. The first-order chi connectivity index (χ1) is 43.9. The highest BCUT2D eigenvalue weighted by Crippen LogP contribution is 2.36. The number of aromatic nitrogens is 2. The van der Waals surface area contributed by atoms with Crippen LogP contribution in [0.1, 0.15) is 27.8 Å². The number of alkyl halides is 8. The Morgan fingerprint density at radius 3 is 1.09 bits per heavy atom. The summed E-state index contributed by atoms with van der Waals surface area (Å²) in [7, 11) is 1.58. The van der Waals surface area contributed by atoms with Crippen LogP contribution in [0.4, 0.5) is 63.8 Å². The van der Waals surface area contributed by atoms with Crippen LogP contribution in [0.5, 0.6) is 17.2 Å². The van der Waals surface area contributed by atoms with E-state index in [0.29, 0.717) is 56.6 Å². The van der Waals surface area contributed by atoms with E-state index in [0.717, 1.165) is 29.2 Å². The summed E-state index contributed by atoms with van der Waals surface area (Å²) in [5.41, 5.74) is 15.4. The first-order valence-corrected chi connectivity index (χ1v) is 27.2. The van der Waals surface area contributed by atoms with Crippen LogP contribution < -0.4 is 41.6 Å². The maximum atomic E-state index is 13.2. The van der Waals surface area contributed by atoms with Gasteiger partial charge < -0.3 is 41.6 Å². The Balaban J connectivity index is 0.000000163. The number of halogens is 8. The lowest BCUT2D eigenvalue weighted by molar-refractivity contribution is -0.274. The summed E-state index contributed by atoms with van der Waals surface area (Å²) < 4.78 is 113. The Morgan fingerprint density at radius 2 is 0.772 bits per heavy atom. The van der Waals surface area contributed by atoms with Gasteiger partial charge in [-0.15, -0.1) is 13.2 Å². The second-order valence-electron chi connectivity index (χ2n) is 19.8. The van der Waals surface area contributed by atoms with E-state index in [-0.39, 0.29) is 63.4 Å². The van der Waals surface area contributed by atoms with Gasteiger partial charge in [0.25, 0.3) is 35.4 Å². The van der Waals surface area contributed by atoms with Crippen LogP contribution in [-0.2, 0) is 41.9 Å². The van der Waals surface area contributed by atoms with E-state index in [1.807, 2.05) is 30.3 Å². The van der Waals surface area contributed by atoms with Crippen molar-refractivity contribution < 1.29 is 78.1 Å². The van der Waals surface area contributed by atoms with E-state index in [1.54, 1.807) is 98.2 Å². The molecule has 6 amide bonds. The lowest BCUT2D eigenvalue weighted by atomic mass is 10.0. The van der Waals surface area contributed by atoms with Crippen LogP contribution in [0.15, 0.2) is 218 Å². The third-order valence-corrected chi connectivity index (χ3v) is 13.5. The van der Waals surface area contributed by atoms with Gasteiger partial charge >= 0.3 is 19.2 Å². The second kappa shape index (κ2) is 28.1. The minimum atomic E-state index is -4.90. The summed E-state index contributed by atoms with van der Waals surface area (Å²) in [6.45, 7) is -4.58. The number of carbonyl (C=O) groups is 6. The minimum absolute atomic E-state index is 0.0193. The van der Waals surface area contributed by atoms with Gasteiger partial charge in [-0.25, -0.2) is 9.97 Å². The van der Waals surface area contributed by atoms with Crippen molar-refractivity contribution in [3.05, 3.63) is 245 Å². The van der Waals surface area contributed by atoms with Gasteiger partial charge in [0.1, 0.15) is 52.5 Å². The SMILES string of the molecule is COc1ccc(NC2=C(c3ccccc3)C(=O)N(Cc3ccc(N)nc3)C2=O)cc1.Nc1ccc(CN2C(=O)C(Nc3ccc(OC(F)F)cc3)=C(c3ccccc3)C2=O)cn1.O=C1C(Nc2ccc(OC(F)(F)F)cc2)=C(c2ccccc2)C(=O)N1CC(F)(F)F. The second-order valence-corrected chi connectivity index (χ2v) is 19.8. The van der Waals surface area contributed by atoms with Gasteiger partial charge in [0, 0.05) is 29.5 Å². The molecule has 6 aromatic carbocycles. The van der Waals surface area contributed by atoms with Crippen LogP contribution in [0.3, 0.4) is 0 Å². The predicted molar refractivity (Wildman–Crippen MR) is 321 cm³/mol. The van der Waals surface area contributed by atoms with Gasteiger partial charge in [-0.1, -0.05) is 103 Å². The maximum Gasteiger partial charge on any atom is 0.573 e. The molecule has 19 nitrogen and oxygen atoms in total. The van der Waals surface area contributed by atoms with Crippen molar-refractivity contribution in [2.24, 2.45) is 0 Å². The fourth-order valence-corrected chi connectivity index (χ4v) is 9.30.